The van der Waals surface area contributed by atoms with E-state index in [0.29, 0.717) is 6.42 Å². The third-order valence-corrected chi connectivity index (χ3v) is 4.15. The lowest BCUT2D eigenvalue weighted by Crippen LogP contribution is -2.02. The van der Waals surface area contributed by atoms with E-state index in [-0.39, 0.29) is 0 Å². The fraction of sp³-hybridized carbons (Fsp3) is 0.188. The van der Waals surface area contributed by atoms with Crippen LogP contribution in [0.15, 0.2) is 60.1 Å². The molecule has 0 saturated carbocycles. The summed E-state index contributed by atoms with van der Waals surface area (Å²) in [6.45, 7) is 0. The van der Waals surface area contributed by atoms with Gasteiger partial charge in [-0.15, -0.1) is 11.3 Å². The first-order valence-electron chi connectivity index (χ1n) is 6.64. The van der Waals surface area contributed by atoms with Gasteiger partial charge in [0.1, 0.15) is 0 Å². The van der Waals surface area contributed by atoms with Crippen LogP contribution >= 0.6 is 11.3 Å². The molecule has 20 heavy (non-hydrogen) atoms. The van der Waals surface area contributed by atoms with Crippen LogP contribution in [0, 0.1) is 0 Å². The van der Waals surface area contributed by atoms with Crippen molar-refractivity contribution in [2.24, 2.45) is 0 Å². The Hall–Kier alpha value is -1.91. The SMILES string of the molecule is OC(CCc1cccs1)c1ccn(-c2ccccc2)n1. The van der Waals surface area contributed by atoms with Gasteiger partial charge in [-0.3, -0.25) is 0 Å². The zero-order valence-corrected chi connectivity index (χ0v) is 11.8. The Kier molecular flexibility index (Phi) is 3.95. The molecule has 0 radical (unpaired) electrons. The largest absolute Gasteiger partial charge is 0.387 e. The van der Waals surface area contributed by atoms with Gasteiger partial charge in [0.05, 0.1) is 17.5 Å². The molecule has 0 spiro atoms. The van der Waals surface area contributed by atoms with Crippen molar-refractivity contribution >= 4 is 11.3 Å². The third-order valence-electron chi connectivity index (χ3n) is 3.22. The van der Waals surface area contributed by atoms with Gasteiger partial charge < -0.3 is 5.11 Å². The summed E-state index contributed by atoms with van der Waals surface area (Å²) < 4.78 is 1.80. The number of nitrogens with zero attached hydrogens (tertiary/aromatic N) is 2. The van der Waals surface area contributed by atoms with Gasteiger partial charge in [0.25, 0.3) is 0 Å². The number of benzene rings is 1. The summed E-state index contributed by atoms with van der Waals surface area (Å²) in [6, 6.07) is 15.9. The summed E-state index contributed by atoms with van der Waals surface area (Å²) >= 11 is 1.73. The van der Waals surface area contributed by atoms with Gasteiger partial charge in [0.2, 0.25) is 0 Å². The first-order chi connectivity index (χ1) is 9.83. The molecule has 1 aromatic carbocycles. The maximum Gasteiger partial charge on any atom is 0.0981 e. The minimum atomic E-state index is -0.512. The van der Waals surface area contributed by atoms with Crippen molar-refractivity contribution in [3.8, 4) is 5.69 Å². The Balaban J connectivity index is 1.67. The molecule has 102 valence electrons. The van der Waals surface area contributed by atoms with Crippen molar-refractivity contribution in [3.05, 3.63) is 70.7 Å². The van der Waals surface area contributed by atoms with Crippen molar-refractivity contribution in [1.82, 2.24) is 9.78 Å². The lowest BCUT2D eigenvalue weighted by atomic mass is 10.1. The van der Waals surface area contributed by atoms with E-state index in [1.807, 2.05) is 48.7 Å². The number of aliphatic hydroxyl groups excluding tert-OH is 1. The van der Waals surface area contributed by atoms with Gasteiger partial charge in [-0.25, -0.2) is 4.68 Å². The van der Waals surface area contributed by atoms with Crippen molar-refractivity contribution in [2.75, 3.05) is 0 Å². The van der Waals surface area contributed by atoms with E-state index in [2.05, 4.69) is 16.5 Å². The molecule has 2 aromatic heterocycles. The van der Waals surface area contributed by atoms with E-state index in [9.17, 15) is 5.11 Å². The van der Waals surface area contributed by atoms with Gasteiger partial charge >= 0.3 is 0 Å². The van der Waals surface area contributed by atoms with Gasteiger partial charge in [0.15, 0.2) is 0 Å². The standard InChI is InChI=1S/C16H16N2OS/c19-16(9-8-14-7-4-12-20-14)15-10-11-18(17-15)13-5-2-1-3-6-13/h1-7,10-12,16,19H,8-9H2. The van der Waals surface area contributed by atoms with Gasteiger partial charge in [-0.05, 0) is 42.5 Å². The minimum absolute atomic E-state index is 0.512. The monoisotopic (exact) mass is 284 g/mol. The molecule has 2 heterocycles. The summed E-state index contributed by atoms with van der Waals surface area (Å²) in [7, 11) is 0. The number of aromatic nitrogens is 2. The third kappa shape index (κ3) is 2.98. The van der Waals surface area contributed by atoms with E-state index in [1.165, 1.54) is 4.88 Å². The van der Waals surface area contributed by atoms with Crippen LogP contribution in [-0.2, 0) is 6.42 Å². The quantitative estimate of drug-likeness (QED) is 0.777. The normalized spacial score (nSPS) is 12.4. The topological polar surface area (TPSA) is 38.0 Å². The maximum atomic E-state index is 10.2. The number of rotatable bonds is 5. The predicted molar refractivity (Wildman–Crippen MR) is 81.2 cm³/mol. The number of para-hydroxylation sites is 1. The molecular weight excluding hydrogens is 268 g/mol. The highest BCUT2D eigenvalue weighted by atomic mass is 32.1. The Morgan fingerprint density at radius 2 is 1.95 bits per heavy atom. The van der Waals surface area contributed by atoms with Crippen LogP contribution in [0.25, 0.3) is 5.69 Å². The van der Waals surface area contributed by atoms with Crippen LogP contribution in [0.5, 0.6) is 0 Å². The summed E-state index contributed by atoms with van der Waals surface area (Å²) in [5, 5.41) is 16.7. The molecule has 3 rings (SSSR count). The van der Waals surface area contributed by atoms with Gasteiger partial charge in [-0.2, -0.15) is 5.10 Å². The first kappa shape index (κ1) is 13.1. The number of aryl methyl sites for hydroxylation is 1. The highest BCUT2D eigenvalue weighted by molar-refractivity contribution is 7.09. The Bertz CT molecular complexity index is 646. The molecule has 0 aliphatic heterocycles. The lowest BCUT2D eigenvalue weighted by Gasteiger charge is -2.06. The van der Waals surface area contributed by atoms with E-state index < -0.39 is 6.10 Å². The summed E-state index contributed by atoms with van der Waals surface area (Å²) in [5.74, 6) is 0. The van der Waals surface area contributed by atoms with Crippen molar-refractivity contribution < 1.29 is 5.11 Å². The molecule has 0 bridgehead atoms. The molecule has 3 nitrogen and oxygen atoms in total. The Morgan fingerprint density at radius 3 is 2.70 bits per heavy atom. The van der Waals surface area contributed by atoms with Crippen LogP contribution in [-0.4, -0.2) is 14.9 Å². The lowest BCUT2D eigenvalue weighted by molar-refractivity contribution is 0.163. The fourth-order valence-electron chi connectivity index (χ4n) is 2.12. The molecule has 0 saturated heterocycles. The van der Waals surface area contributed by atoms with Gasteiger partial charge in [0, 0.05) is 11.1 Å². The fourth-order valence-corrected chi connectivity index (χ4v) is 2.85. The number of thiophene rings is 1. The van der Waals surface area contributed by atoms with Crippen LogP contribution in [0.2, 0.25) is 0 Å². The number of hydrogen-bond donors (Lipinski definition) is 1. The average Bonchev–Trinajstić information content (AvgIpc) is 3.17. The van der Waals surface area contributed by atoms with Gasteiger partial charge in [-0.1, -0.05) is 24.3 Å². The summed E-state index contributed by atoms with van der Waals surface area (Å²) in [6.07, 6.45) is 2.96. The molecule has 4 heteroatoms. The Labute approximate surface area is 122 Å². The van der Waals surface area contributed by atoms with Crippen molar-refractivity contribution in [1.29, 1.82) is 0 Å². The molecule has 3 aromatic rings. The molecule has 0 fully saturated rings. The highest BCUT2D eigenvalue weighted by Gasteiger charge is 2.11. The molecule has 0 aliphatic rings. The van der Waals surface area contributed by atoms with Crippen LogP contribution in [0.3, 0.4) is 0 Å². The second-order valence-electron chi connectivity index (χ2n) is 4.65. The van der Waals surface area contributed by atoms with Crippen molar-refractivity contribution in [2.45, 2.75) is 18.9 Å². The van der Waals surface area contributed by atoms with Crippen LogP contribution in [0.1, 0.15) is 23.1 Å². The molecular formula is C16H16N2OS. The van der Waals surface area contributed by atoms with Crippen LogP contribution in [0.4, 0.5) is 0 Å². The maximum absolute atomic E-state index is 10.2. The van der Waals surface area contributed by atoms with E-state index >= 15 is 0 Å². The number of hydrogen-bond acceptors (Lipinski definition) is 3. The summed E-state index contributed by atoms with van der Waals surface area (Å²) in [4.78, 5) is 1.30. The summed E-state index contributed by atoms with van der Waals surface area (Å²) in [5.41, 5.74) is 1.73. The average molecular weight is 284 g/mol. The zero-order chi connectivity index (χ0) is 13.8. The molecule has 1 unspecified atom stereocenters. The predicted octanol–water partition coefficient (Wildman–Crippen LogP) is 3.60. The zero-order valence-electron chi connectivity index (χ0n) is 11.0. The van der Waals surface area contributed by atoms with E-state index in [1.54, 1.807) is 16.0 Å². The second-order valence-corrected chi connectivity index (χ2v) is 5.69. The number of aliphatic hydroxyl groups is 1. The molecule has 0 amide bonds. The minimum Gasteiger partial charge on any atom is -0.387 e. The molecule has 1 atom stereocenters. The first-order valence-corrected chi connectivity index (χ1v) is 7.52. The van der Waals surface area contributed by atoms with Crippen molar-refractivity contribution in [3.63, 3.8) is 0 Å². The smallest absolute Gasteiger partial charge is 0.0981 e. The van der Waals surface area contributed by atoms with Crippen LogP contribution < -0.4 is 0 Å². The Morgan fingerprint density at radius 1 is 1.10 bits per heavy atom. The van der Waals surface area contributed by atoms with E-state index in [0.717, 1.165) is 17.8 Å². The van der Waals surface area contributed by atoms with E-state index in [4.69, 9.17) is 0 Å². The second kappa shape index (κ2) is 6.03. The highest BCUT2D eigenvalue weighted by Crippen LogP contribution is 2.20. The molecule has 1 N–H and O–H groups in total. The molecule has 0 aliphatic carbocycles.